The average molecular weight is 151 g/mol. The molecule has 0 saturated carbocycles. The molecule has 1 nitrogen and oxygen atoms in total. The molecule has 0 amide bonds. The molecule has 56 valence electrons. The lowest BCUT2D eigenvalue weighted by atomic mass is 10.6. The van der Waals surface area contributed by atoms with Crippen molar-refractivity contribution >= 4 is 0 Å². The molecule has 0 atom stereocenters. The van der Waals surface area contributed by atoms with E-state index in [0.717, 1.165) is 0 Å². The molecule has 0 radical (unpaired) electrons. The summed E-state index contributed by atoms with van der Waals surface area (Å²) in [5.74, 6) is 0. The third-order valence-corrected chi connectivity index (χ3v) is 0.586. The van der Waals surface area contributed by atoms with Gasteiger partial charge in [0, 0.05) is 7.11 Å². The Kier molecular flexibility index (Phi) is 2.00. The molecule has 0 aliphatic rings. The number of hydrogen-bond acceptors (Lipinski definition) is 1. The Morgan fingerprint density at radius 3 is 1.44 bits per heavy atom. The van der Waals surface area contributed by atoms with Crippen LogP contribution in [0.5, 0.6) is 0 Å². The molecule has 0 aromatic carbocycles. The molecule has 0 spiro atoms. The van der Waals surface area contributed by atoms with E-state index in [1.165, 1.54) is 0 Å². The van der Waals surface area contributed by atoms with Gasteiger partial charge in [0.15, 0.2) is 0 Å². The highest BCUT2D eigenvalue weighted by Crippen LogP contribution is 2.35. The molecule has 0 fully saturated rings. The van der Waals surface area contributed by atoms with Crippen molar-refractivity contribution in [1.29, 1.82) is 0 Å². The fourth-order valence-electron chi connectivity index (χ4n) is 0.116. The summed E-state index contributed by atoms with van der Waals surface area (Å²) >= 11 is 0. The second-order valence-electron chi connectivity index (χ2n) is 1.22. The minimum Gasteiger partial charge on any atom is -0.317 e. The number of hydrogen-bond donors (Lipinski definition) is 0. The summed E-state index contributed by atoms with van der Waals surface area (Å²) in [4.78, 5) is 0. The molecule has 0 heterocycles. The van der Waals surface area contributed by atoms with Crippen molar-refractivity contribution in [2.45, 2.75) is 12.3 Å². The molecular weight excluding hydrogens is 147 g/mol. The van der Waals surface area contributed by atoms with Crippen LogP contribution in [-0.4, -0.2) is 19.4 Å². The van der Waals surface area contributed by atoms with Crippen molar-refractivity contribution in [3.8, 4) is 0 Å². The summed E-state index contributed by atoms with van der Waals surface area (Å²) in [5, 5.41) is 0. The van der Waals surface area contributed by atoms with Gasteiger partial charge in [0.2, 0.25) is 0 Å². The molecule has 0 aliphatic carbocycles. The molecule has 0 bridgehead atoms. The van der Waals surface area contributed by atoms with Crippen molar-refractivity contribution in [2.24, 2.45) is 0 Å². The van der Waals surface area contributed by atoms with Crippen LogP contribution in [0.3, 0.4) is 0 Å². The molecule has 9 heavy (non-hydrogen) atoms. The maximum atomic E-state index is 11.3. The van der Waals surface area contributed by atoms with Gasteiger partial charge in [-0.15, -0.1) is 0 Å². The van der Waals surface area contributed by atoms with Gasteiger partial charge in [-0.05, 0) is 0 Å². The van der Waals surface area contributed by atoms with Gasteiger partial charge in [0.25, 0.3) is 0 Å². The van der Waals surface area contributed by atoms with Gasteiger partial charge in [-0.2, -0.15) is 22.0 Å². The van der Waals surface area contributed by atoms with Crippen LogP contribution in [0.1, 0.15) is 1.43 Å². The van der Waals surface area contributed by atoms with Crippen LogP contribution in [0, 0.1) is 0 Å². The van der Waals surface area contributed by atoms with Crippen LogP contribution in [0.4, 0.5) is 22.0 Å². The Morgan fingerprint density at radius 2 is 1.44 bits per heavy atom. The highest BCUT2D eigenvalue weighted by molar-refractivity contribution is 4.61. The van der Waals surface area contributed by atoms with E-state index in [2.05, 4.69) is 4.74 Å². The van der Waals surface area contributed by atoms with E-state index in [0.29, 0.717) is 0 Å². The molecule has 0 aromatic heterocycles. The smallest absolute Gasteiger partial charge is 0.317 e. The van der Waals surface area contributed by atoms with E-state index in [1.807, 2.05) is 0 Å². The summed E-state index contributed by atoms with van der Waals surface area (Å²) in [6.45, 7) is 0. The zero-order valence-corrected chi connectivity index (χ0v) is 4.30. The highest BCUT2D eigenvalue weighted by Gasteiger charge is 2.58. The lowest BCUT2D eigenvalue weighted by Crippen LogP contribution is -2.37. The van der Waals surface area contributed by atoms with E-state index in [1.54, 1.807) is 0 Å². The average Bonchev–Trinajstić information content (AvgIpc) is 1.64. The first-order chi connectivity index (χ1) is 3.81. The van der Waals surface area contributed by atoms with Crippen LogP contribution in [0.2, 0.25) is 0 Å². The summed E-state index contributed by atoms with van der Waals surface area (Å²) in [6, 6.07) is 0. The molecular formula is C3H4F5O+. The SMILES string of the molecule is COC(F)(F)C(F)(F)F.[H+]. The predicted octanol–water partition coefficient (Wildman–Crippen LogP) is 1.90. The second kappa shape index (κ2) is 2.09. The minimum absolute atomic E-state index is 0. The minimum atomic E-state index is -5.61. The van der Waals surface area contributed by atoms with Gasteiger partial charge < -0.3 is 4.74 Å². The first kappa shape index (κ1) is 8.61. The van der Waals surface area contributed by atoms with Gasteiger partial charge in [0.05, 0.1) is 0 Å². The summed E-state index contributed by atoms with van der Waals surface area (Å²) in [7, 11) is 0.285. The third kappa shape index (κ3) is 1.78. The lowest BCUT2D eigenvalue weighted by molar-refractivity contribution is -0.383. The number of rotatable bonds is 1. The Morgan fingerprint density at radius 1 is 1.11 bits per heavy atom. The third-order valence-electron chi connectivity index (χ3n) is 0.586. The van der Waals surface area contributed by atoms with Crippen LogP contribution in [0.15, 0.2) is 0 Å². The predicted molar refractivity (Wildman–Crippen MR) is 19.1 cm³/mol. The van der Waals surface area contributed by atoms with Crippen molar-refractivity contribution in [3.05, 3.63) is 0 Å². The Bertz CT molecular complexity index is 99.6. The zero-order chi connectivity index (χ0) is 7.71. The fourth-order valence-corrected chi connectivity index (χ4v) is 0.116. The molecule has 0 rings (SSSR count). The number of alkyl halides is 5. The van der Waals surface area contributed by atoms with Crippen LogP contribution in [-0.2, 0) is 4.74 Å². The van der Waals surface area contributed by atoms with Crippen molar-refractivity contribution < 1.29 is 28.1 Å². The van der Waals surface area contributed by atoms with E-state index < -0.39 is 12.3 Å². The van der Waals surface area contributed by atoms with E-state index in [4.69, 9.17) is 0 Å². The molecule has 0 aliphatic heterocycles. The van der Waals surface area contributed by atoms with E-state index in [9.17, 15) is 22.0 Å². The Labute approximate surface area is 48.9 Å². The quantitative estimate of drug-likeness (QED) is 0.520. The molecule has 0 N–H and O–H groups in total. The van der Waals surface area contributed by atoms with Gasteiger partial charge in [0.1, 0.15) is 0 Å². The molecule has 0 aromatic rings. The molecule has 0 saturated heterocycles. The summed E-state index contributed by atoms with van der Waals surface area (Å²) in [5.41, 5.74) is 0. The highest BCUT2D eigenvalue weighted by atomic mass is 19.4. The number of ether oxygens (including phenoxy) is 1. The lowest BCUT2D eigenvalue weighted by Gasteiger charge is -2.16. The normalized spacial score (nSPS) is 14.0. The van der Waals surface area contributed by atoms with Gasteiger partial charge in [-0.1, -0.05) is 0 Å². The molecule has 0 unspecified atom stereocenters. The van der Waals surface area contributed by atoms with Crippen molar-refractivity contribution in [1.82, 2.24) is 0 Å². The first-order valence-corrected chi connectivity index (χ1v) is 1.81. The number of halogens is 5. The Balaban J connectivity index is 0. The zero-order valence-electron chi connectivity index (χ0n) is 5.30. The summed E-state index contributed by atoms with van der Waals surface area (Å²) in [6.07, 6.45) is -10.6. The van der Waals surface area contributed by atoms with Gasteiger partial charge >= 0.3 is 13.7 Å². The second-order valence-corrected chi connectivity index (χ2v) is 1.22. The topological polar surface area (TPSA) is 9.23 Å². The van der Waals surface area contributed by atoms with E-state index in [-0.39, 0.29) is 8.54 Å². The molecule has 6 heteroatoms. The maximum Gasteiger partial charge on any atom is 1.00 e. The largest absolute Gasteiger partial charge is 1.00 e. The maximum absolute atomic E-state index is 11.3. The fraction of sp³-hybridized carbons (Fsp3) is 1.00. The van der Waals surface area contributed by atoms with Crippen LogP contribution >= 0.6 is 0 Å². The van der Waals surface area contributed by atoms with Gasteiger partial charge in [-0.3, -0.25) is 0 Å². The summed E-state index contributed by atoms with van der Waals surface area (Å²) < 4.78 is 58.3. The van der Waals surface area contributed by atoms with Crippen LogP contribution in [0.25, 0.3) is 0 Å². The van der Waals surface area contributed by atoms with Crippen LogP contribution < -0.4 is 0 Å². The number of methoxy groups -OCH3 is 1. The van der Waals surface area contributed by atoms with E-state index >= 15 is 0 Å². The van der Waals surface area contributed by atoms with Crippen molar-refractivity contribution in [3.63, 3.8) is 0 Å². The van der Waals surface area contributed by atoms with Crippen molar-refractivity contribution in [2.75, 3.05) is 7.11 Å². The Hall–Kier alpha value is -0.390. The standard InChI is InChI=1S/C3H3F5O/c1-9-3(7,8)2(4,5)6/h1H3/p+1. The monoisotopic (exact) mass is 151 g/mol. The van der Waals surface area contributed by atoms with Gasteiger partial charge in [-0.25, -0.2) is 0 Å². The first-order valence-electron chi connectivity index (χ1n) is 1.81.